The summed E-state index contributed by atoms with van der Waals surface area (Å²) in [5.74, 6) is 0.0327. The van der Waals surface area contributed by atoms with E-state index in [2.05, 4.69) is 18.9 Å². The Kier molecular flexibility index (Phi) is 3.99. The molecule has 0 aliphatic carbocycles. The van der Waals surface area contributed by atoms with Gasteiger partial charge in [-0.3, -0.25) is 0 Å². The van der Waals surface area contributed by atoms with Crippen molar-refractivity contribution < 1.29 is 4.39 Å². The number of rotatable bonds is 3. The molecule has 4 heteroatoms. The largest absolute Gasteiger partial charge is 0.240 e. The van der Waals surface area contributed by atoms with E-state index in [1.165, 1.54) is 12.1 Å². The fourth-order valence-corrected chi connectivity index (χ4v) is 2.52. The molecule has 2 nitrogen and oxygen atoms in total. The zero-order valence-electron chi connectivity index (χ0n) is 12.4. The van der Waals surface area contributed by atoms with Crippen LogP contribution in [0.5, 0.6) is 0 Å². The van der Waals surface area contributed by atoms with Gasteiger partial charge in [0.25, 0.3) is 0 Å². The lowest BCUT2D eigenvalue weighted by Gasteiger charge is -2.05. The minimum Gasteiger partial charge on any atom is -0.240 e. The third-order valence-electron chi connectivity index (χ3n) is 3.54. The quantitative estimate of drug-likeness (QED) is 0.628. The molecule has 0 amide bonds. The highest BCUT2D eigenvalue weighted by molar-refractivity contribution is 6.30. The van der Waals surface area contributed by atoms with E-state index in [4.69, 9.17) is 11.6 Å². The maximum atomic E-state index is 13.1. The van der Waals surface area contributed by atoms with Gasteiger partial charge in [0.2, 0.25) is 0 Å². The van der Waals surface area contributed by atoms with Crippen molar-refractivity contribution in [3.63, 3.8) is 0 Å². The summed E-state index contributed by atoms with van der Waals surface area (Å²) in [6.07, 6.45) is 1.98. The SMILES string of the molecule is CC(C)c1nn(-c2ccc(F)cc2)cc1-c1ccc(Cl)cc1. The number of halogens is 2. The van der Waals surface area contributed by atoms with Crippen LogP contribution in [0.2, 0.25) is 5.02 Å². The number of hydrogen-bond acceptors (Lipinski definition) is 1. The van der Waals surface area contributed by atoms with E-state index < -0.39 is 0 Å². The lowest BCUT2D eigenvalue weighted by atomic mass is 10.0. The van der Waals surface area contributed by atoms with E-state index in [0.29, 0.717) is 5.02 Å². The van der Waals surface area contributed by atoms with Crippen LogP contribution in [0.15, 0.2) is 54.7 Å². The second kappa shape index (κ2) is 5.93. The summed E-state index contributed by atoms with van der Waals surface area (Å²) in [6.45, 7) is 4.22. The van der Waals surface area contributed by atoms with Crippen molar-refractivity contribution in [3.8, 4) is 16.8 Å². The molecular weight excluding hydrogens is 299 g/mol. The molecule has 3 aromatic rings. The molecule has 0 saturated heterocycles. The molecule has 0 fully saturated rings. The molecule has 0 radical (unpaired) electrons. The smallest absolute Gasteiger partial charge is 0.123 e. The third kappa shape index (κ3) is 2.90. The summed E-state index contributed by atoms with van der Waals surface area (Å²) in [6, 6.07) is 14.0. The first-order valence-electron chi connectivity index (χ1n) is 7.16. The molecule has 0 aliphatic heterocycles. The van der Waals surface area contributed by atoms with Gasteiger partial charge in [-0.25, -0.2) is 9.07 Å². The summed E-state index contributed by atoms with van der Waals surface area (Å²) in [7, 11) is 0. The van der Waals surface area contributed by atoms with Crippen LogP contribution in [-0.4, -0.2) is 9.78 Å². The predicted octanol–water partition coefficient (Wildman–Crippen LogP) is 5.46. The summed E-state index contributed by atoms with van der Waals surface area (Å²) >= 11 is 5.96. The van der Waals surface area contributed by atoms with Crippen LogP contribution in [0.1, 0.15) is 25.5 Å². The molecule has 3 rings (SSSR count). The van der Waals surface area contributed by atoms with E-state index in [1.807, 2.05) is 30.5 Å². The van der Waals surface area contributed by atoms with E-state index >= 15 is 0 Å². The molecule has 0 unspecified atom stereocenters. The first kappa shape index (κ1) is 14.8. The fraction of sp³-hybridized carbons (Fsp3) is 0.167. The lowest BCUT2D eigenvalue weighted by molar-refractivity contribution is 0.627. The Labute approximate surface area is 134 Å². The number of nitrogens with zero attached hydrogens (tertiary/aromatic N) is 2. The Balaban J connectivity index is 2.09. The Morgan fingerprint density at radius 2 is 1.64 bits per heavy atom. The maximum Gasteiger partial charge on any atom is 0.123 e. The molecule has 112 valence electrons. The molecule has 22 heavy (non-hydrogen) atoms. The van der Waals surface area contributed by atoms with Gasteiger partial charge >= 0.3 is 0 Å². The first-order valence-corrected chi connectivity index (χ1v) is 7.54. The van der Waals surface area contributed by atoms with Crippen LogP contribution in [0, 0.1) is 5.82 Å². The van der Waals surface area contributed by atoms with Gasteiger partial charge in [-0.15, -0.1) is 0 Å². The van der Waals surface area contributed by atoms with Gasteiger partial charge in [-0.2, -0.15) is 5.10 Å². The summed E-state index contributed by atoms with van der Waals surface area (Å²) < 4.78 is 14.9. The van der Waals surface area contributed by atoms with Gasteiger partial charge in [0.05, 0.1) is 11.4 Å². The molecule has 0 saturated carbocycles. The Morgan fingerprint density at radius 1 is 1.00 bits per heavy atom. The average Bonchev–Trinajstić information content (AvgIpc) is 2.94. The molecule has 0 atom stereocenters. The molecule has 0 bridgehead atoms. The van der Waals surface area contributed by atoms with Crippen LogP contribution in [-0.2, 0) is 0 Å². The van der Waals surface area contributed by atoms with E-state index in [-0.39, 0.29) is 11.7 Å². The normalized spacial score (nSPS) is 11.1. The minimum atomic E-state index is -0.252. The second-order valence-corrected chi connectivity index (χ2v) is 5.95. The van der Waals surface area contributed by atoms with Crippen LogP contribution in [0.25, 0.3) is 16.8 Å². The zero-order valence-corrected chi connectivity index (χ0v) is 13.2. The molecular formula is C18H16ClFN2. The van der Waals surface area contributed by atoms with E-state index in [9.17, 15) is 4.39 Å². The average molecular weight is 315 g/mol. The number of hydrogen-bond donors (Lipinski definition) is 0. The lowest BCUT2D eigenvalue weighted by Crippen LogP contribution is -1.97. The zero-order chi connectivity index (χ0) is 15.7. The first-order chi connectivity index (χ1) is 10.5. The highest BCUT2D eigenvalue weighted by Gasteiger charge is 2.15. The van der Waals surface area contributed by atoms with Gasteiger partial charge in [-0.05, 0) is 47.9 Å². The van der Waals surface area contributed by atoms with E-state index in [0.717, 1.165) is 22.5 Å². The van der Waals surface area contributed by atoms with Crippen molar-refractivity contribution in [2.45, 2.75) is 19.8 Å². The summed E-state index contributed by atoms with van der Waals surface area (Å²) in [5.41, 5.74) is 3.98. The Bertz CT molecular complexity index is 774. The molecule has 1 heterocycles. The van der Waals surface area contributed by atoms with Crippen molar-refractivity contribution >= 4 is 11.6 Å². The van der Waals surface area contributed by atoms with Gasteiger partial charge in [0, 0.05) is 16.8 Å². The van der Waals surface area contributed by atoms with Crippen molar-refractivity contribution in [2.75, 3.05) is 0 Å². The van der Waals surface area contributed by atoms with E-state index in [1.54, 1.807) is 16.8 Å². The van der Waals surface area contributed by atoms with Crippen LogP contribution >= 0.6 is 11.6 Å². The Morgan fingerprint density at radius 3 is 2.23 bits per heavy atom. The molecule has 1 aromatic heterocycles. The van der Waals surface area contributed by atoms with Crippen LogP contribution < -0.4 is 0 Å². The Hall–Kier alpha value is -2.13. The highest BCUT2D eigenvalue weighted by atomic mass is 35.5. The highest BCUT2D eigenvalue weighted by Crippen LogP contribution is 2.30. The standard InChI is InChI=1S/C18H16ClFN2/c1-12(2)18-17(13-3-5-14(19)6-4-13)11-22(21-18)16-9-7-15(20)8-10-16/h3-12H,1-2H3. The van der Waals surface area contributed by atoms with Crippen LogP contribution in [0.3, 0.4) is 0 Å². The molecule has 0 spiro atoms. The fourth-order valence-electron chi connectivity index (χ4n) is 2.39. The topological polar surface area (TPSA) is 17.8 Å². The van der Waals surface area contributed by atoms with Gasteiger partial charge in [0.15, 0.2) is 0 Å². The van der Waals surface area contributed by atoms with Crippen molar-refractivity contribution in [1.82, 2.24) is 9.78 Å². The molecule has 0 aliphatic rings. The molecule has 2 aromatic carbocycles. The van der Waals surface area contributed by atoms with Crippen molar-refractivity contribution in [3.05, 3.63) is 71.3 Å². The number of benzene rings is 2. The monoisotopic (exact) mass is 314 g/mol. The van der Waals surface area contributed by atoms with Crippen molar-refractivity contribution in [2.24, 2.45) is 0 Å². The molecule has 0 N–H and O–H groups in total. The summed E-state index contributed by atoms with van der Waals surface area (Å²) in [4.78, 5) is 0. The second-order valence-electron chi connectivity index (χ2n) is 5.51. The van der Waals surface area contributed by atoms with Gasteiger partial charge in [-0.1, -0.05) is 37.6 Å². The predicted molar refractivity (Wildman–Crippen MR) is 88.1 cm³/mol. The maximum absolute atomic E-state index is 13.1. The van der Waals surface area contributed by atoms with Crippen LogP contribution in [0.4, 0.5) is 4.39 Å². The minimum absolute atomic E-state index is 0.252. The summed E-state index contributed by atoms with van der Waals surface area (Å²) in [5, 5.41) is 5.38. The van der Waals surface area contributed by atoms with Gasteiger partial charge < -0.3 is 0 Å². The van der Waals surface area contributed by atoms with Crippen molar-refractivity contribution in [1.29, 1.82) is 0 Å². The third-order valence-corrected chi connectivity index (χ3v) is 3.79. The number of aromatic nitrogens is 2. The van der Waals surface area contributed by atoms with Gasteiger partial charge in [0.1, 0.15) is 5.82 Å².